The van der Waals surface area contributed by atoms with Gasteiger partial charge < -0.3 is 54.8 Å². The summed E-state index contributed by atoms with van der Waals surface area (Å²) in [6.45, 7) is 12.1. The van der Waals surface area contributed by atoms with Crippen molar-refractivity contribution in [1.29, 1.82) is 0 Å². The van der Waals surface area contributed by atoms with Crippen LogP contribution >= 0.6 is 0 Å². The van der Waals surface area contributed by atoms with Gasteiger partial charge >= 0.3 is 17.4 Å². The molecule has 4 heterocycles. The Morgan fingerprint density at radius 1 is 0.922 bits per heavy atom. The number of phenols is 3. The smallest absolute Gasteiger partial charge is 0.349 e. The number of aromatic amines is 1. The molecule has 0 saturated carbocycles. The summed E-state index contributed by atoms with van der Waals surface area (Å²) in [7, 11) is 1.40. The van der Waals surface area contributed by atoms with Crippen molar-refractivity contribution in [3.63, 3.8) is 0 Å². The van der Waals surface area contributed by atoms with Crippen molar-refractivity contribution in [2.45, 2.75) is 85.6 Å². The lowest BCUT2D eigenvalue weighted by atomic mass is 9.78. The number of aromatic hydroxyl groups is 3. The molecule has 0 fully saturated rings. The van der Waals surface area contributed by atoms with E-state index in [1.165, 1.54) is 65.2 Å². The summed E-state index contributed by atoms with van der Waals surface area (Å²) in [5.74, 6) is -9.72. The number of carbonyl (C=O) groups excluding carboxylic acids is 3. The van der Waals surface area contributed by atoms with Gasteiger partial charge in [-0.15, -0.1) is 4.68 Å². The zero-order chi connectivity index (χ0) is 47.1. The molecule has 0 radical (unpaired) electrons. The summed E-state index contributed by atoms with van der Waals surface area (Å²) in [4.78, 5) is 69.7. The number of rotatable bonds is 4. The van der Waals surface area contributed by atoms with Crippen LogP contribution < -0.4 is 21.3 Å². The number of methoxy groups -OCH3 is 1. The Bertz CT molecular complexity index is 2790. The predicted molar refractivity (Wildman–Crippen MR) is 236 cm³/mol. The Hall–Kier alpha value is -6.76. The number of nitrogens with one attached hydrogen (secondary N) is 2. The first kappa shape index (κ1) is 46.7. The highest BCUT2D eigenvalue weighted by Gasteiger charge is 2.50. The molecule has 18 heteroatoms. The number of benzene rings is 3. The van der Waals surface area contributed by atoms with Crippen molar-refractivity contribution in [2.24, 2.45) is 28.8 Å². The number of ether oxygens (including phenoxy) is 4. The molecule has 0 saturated heterocycles. The fourth-order valence-corrected chi connectivity index (χ4v) is 8.25. The third kappa shape index (κ3) is 8.38. The molecule has 18 nitrogen and oxygen atoms in total. The number of amides is 1. The zero-order valence-electron chi connectivity index (χ0n) is 36.7. The number of esters is 1. The van der Waals surface area contributed by atoms with Crippen molar-refractivity contribution < 1.29 is 58.9 Å². The van der Waals surface area contributed by atoms with Crippen molar-refractivity contribution in [3.8, 4) is 23.0 Å². The normalized spacial score (nSPS) is 28.7. The Labute approximate surface area is 366 Å². The van der Waals surface area contributed by atoms with E-state index in [1.807, 2.05) is 0 Å². The molecule has 9 unspecified atom stereocenters. The van der Waals surface area contributed by atoms with Gasteiger partial charge in [0.1, 0.15) is 23.4 Å². The van der Waals surface area contributed by atoms with Gasteiger partial charge in [-0.25, -0.2) is 4.79 Å². The molecule has 5 bridgehead atoms. The first-order chi connectivity index (χ1) is 30.1. The number of H-pyrrole nitrogens is 1. The molecule has 340 valence electrons. The number of carbonyl (C=O) groups is 3. The predicted octanol–water partition coefficient (Wildman–Crippen LogP) is 4.64. The van der Waals surface area contributed by atoms with Gasteiger partial charge in [0.15, 0.2) is 5.75 Å². The van der Waals surface area contributed by atoms with Crippen LogP contribution in [0, 0.1) is 30.6 Å². The number of ketones is 1. The van der Waals surface area contributed by atoms with Crippen LogP contribution in [0.3, 0.4) is 0 Å². The molecule has 3 aromatic carbocycles. The summed E-state index contributed by atoms with van der Waals surface area (Å²) in [6.07, 6.45) is 3.82. The summed E-state index contributed by atoms with van der Waals surface area (Å²) >= 11 is 0. The minimum atomic E-state index is -2.16. The zero-order valence-corrected chi connectivity index (χ0v) is 36.7. The van der Waals surface area contributed by atoms with E-state index in [9.17, 15) is 49.5 Å². The Balaban J connectivity index is 1.58. The van der Waals surface area contributed by atoms with Crippen molar-refractivity contribution in [2.75, 3.05) is 12.4 Å². The highest BCUT2D eigenvalue weighted by Crippen LogP contribution is 2.55. The molecule has 3 aliphatic rings. The number of anilines is 1. The maximum absolute atomic E-state index is 14.5. The van der Waals surface area contributed by atoms with Crippen LogP contribution in [0.15, 0.2) is 75.1 Å². The second-order valence-corrected chi connectivity index (χ2v) is 16.5. The number of hydrogen-bond acceptors (Lipinski definition) is 15. The van der Waals surface area contributed by atoms with Gasteiger partial charge in [-0.1, -0.05) is 58.1 Å². The molecule has 7 rings (SSSR count). The van der Waals surface area contributed by atoms with Gasteiger partial charge in [0.25, 0.3) is 17.2 Å². The van der Waals surface area contributed by atoms with Gasteiger partial charge in [-0.2, -0.15) is 5.10 Å². The lowest BCUT2D eigenvalue weighted by Gasteiger charge is -2.38. The molecule has 0 spiro atoms. The number of para-hydroxylation sites is 1. The van der Waals surface area contributed by atoms with E-state index in [0.717, 1.165) is 12.5 Å². The average Bonchev–Trinajstić information content (AvgIpc) is 3.52. The summed E-state index contributed by atoms with van der Waals surface area (Å²) in [5.41, 5.74) is -2.92. The van der Waals surface area contributed by atoms with E-state index in [0.29, 0.717) is 4.68 Å². The lowest BCUT2D eigenvalue weighted by molar-refractivity contribution is -0.160. The van der Waals surface area contributed by atoms with Crippen LogP contribution in [-0.2, 0) is 23.8 Å². The molecule has 1 amide bonds. The second kappa shape index (κ2) is 18.1. The van der Waals surface area contributed by atoms with Gasteiger partial charge in [-0.3, -0.25) is 19.2 Å². The molecule has 0 aliphatic carbocycles. The standard InChI is InChI=1S/C46H52N4O14/c1-20-13-12-14-21(2)43(58)49-34-28(19-47-50-44(59)27-15-10-11-16-29(27)48-45(50)60)38(55)31-32(39(34)56)37(54)25(6)41-33(31)42(57)46(8,64-41)62-18-17-30(61-9)22(3)40(63-26(7)51)24(5)36(53)23(4)35(20)52/h10-20,22-24,30,35-36,40,52-56H,1-9H3,(H,48,60)(H,49,58)/b13-12+,18-17+,21-14-,47-19+. The third-order valence-corrected chi connectivity index (χ3v) is 12.1. The lowest BCUT2D eigenvalue weighted by Crippen LogP contribution is -2.46. The van der Waals surface area contributed by atoms with E-state index in [1.54, 1.807) is 45.9 Å². The van der Waals surface area contributed by atoms with Crippen LogP contribution in [0.4, 0.5) is 5.69 Å². The molecular formula is C46H52N4O14. The number of aliphatic hydroxyl groups excluding tert-OH is 2. The van der Waals surface area contributed by atoms with Gasteiger partial charge in [0, 0.05) is 61.2 Å². The molecule has 4 aromatic rings. The maximum Gasteiger partial charge on any atom is 0.349 e. The SMILES string of the molecule is COC1/C=C/OC2(C)Oc3c(C)c(O)c4c(O)c(c(/C=N/n5c(=O)[nH]c6ccccc6c5=O)c(O)c4c3C2=O)NC(=O)/C(C)=C\C=C\C(C)C(O)C(C)C(O)C(C)C(OC(C)=O)C1C. The van der Waals surface area contributed by atoms with Crippen LogP contribution in [0.25, 0.3) is 21.7 Å². The molecule has 7 N–H and O–H groups in total. The molecule has 1 aromatic heterocycles. The maximum atomic E-state index is 14.5. The van der Waals surface area contributed by atoms with Crippen molar-refractivity contribution in [1.82, 2.24) is 9.66 Å². The number of hydrogen-bond donors (Lipinski definition) is 7. The minimum Gasteiger partial charge on any atom is -0.507 e. The molecule has 64 heavy (non-hydrogen) atoms. The Morgan fingerprint density at radius 2 is 1.61 bits per heavy atom. The number of fused-ring (bicyclic) bond motifs is 15. The summed E-state index contributed by atoms with van der Waals surface area (Å²) < 4.78 is 24.0. The first-order valence-corrected chi connectivity index (χ1v) is 20.5. The molecule has 3 aliphatic heterocycles. The van der Waals surface area contributed by atoms with Gasteiger partial charge in [0.2, 0.25) is 0 Å². The first-order valence-electron chi connectivity index (χ1n) is 20.5. The highest BCUT2D eigenvalue weighted by atomic mass is 16.7. The third-order valence-electron chi connectivity index (χ3n) is 12.1. The topological polar surface area (TPSA) is 269 Å². The number of phenolic OH excluding ortho intramolecular Hbond substituents is 3. The fourth-order valence-electron chi connectivity index (χ4n) is 8.25. The van der Waals surface area contributed by atoms with E-state index in [2.05, 4.69) is 15.4 Å². The van der Waals surface area contributed by atoms with Gasteiger partial charge in [-0.05, 0) is 32.1 Å². The monoisotopic (exact) mass is 884 g/mol. The van der Waals surface area contributed by atoms with Crippen molar-refractivity contribution >= 4 is 51.2 Å². The molecular weight excluding hydrogens is 833 g/mol. The van der Waals surface area contributed by atoms with Crippen LogP contribution in [0.2, 0.25) is 0 Å². The van der Waals surface area contributed by atoms with E-state index in [4.69, 9.17) is 18.9 Å². The van der Waals surface area contributed by atoms with Crippen LogP contribution in [0.1, 0.15) is 70.0 Å². The number of allylic oxidation sites excluding steroid dienone is 2. The quantitative estimate of drug-likeness (QED) is 0.0637. The number of aromatic nitrogens is 2. The fraction of sp³-hybridized carbons (Fsp3) is 0.391. The largest absolute Gasteiger partial charge is 0.507 e. The minimum absolute atomic E-state index is 0.0444. The van der Waals surface area contributed by atoms with E-state index >= 15 is 0 Å². The Morgan fingerprint density at radius 3 is 2.28 bits per heavy atom. The summed E-state index contributed by atoms with van der Waals surface area (Å²) in [6, 6.07) is 6.17. The number of Topliss-reactive ketones (excluding diaryl/α,β-unsaturated/α-hetero) is 1. The second-order valence-electron chi connectivity index (χ2n) is 16.5. The van der Waals surface area contributed by atoms with Crippen molar-refractivity contribution in [3.05, 3.63) is 97.9 Å². The van der Waals surface area contributed by atoms with E-state index in [-0.39, 0.29) is 33.4 Å². The highest BCUT2D eigenvalue weighted by molar-refractivity contribution is 6.23. The van der Waals surface area contributed by atoms with E-state index < -0.39 is 122 Å². The Kier molecular flexibility index (Phi) is 13.3. The van der Waals surface area contributed by atoms with Gasteiger partial charge in [0.05, 0.1) is 63.9 Å². The van der Waals surface area contributed by atoms with Crippen LogP contribution in [-0.4, -0.2) is 96.4 Å². The summed E-state index contributed by atoms with van der Waals surface area (Å²) in [5, 5.41) is 64.4. The number of aliphatic hydroxyl groups is 2. The average molecular weight is 885 g/mol. The number of nitrogens with zero attached hydrogens (tertiary/aromatic N) is 2. The molecule has 9 atom stereocenters. The van der Waals surface area contributed by atoms with Crippen LogP contribution in [0.5, 0.6) is 23.0 Å².